The van der Waals surface area contributed by atoms with Crippen LogP contribution in [0.5, 0.6) is 5.75 Å². The number of methoxy groups -OCH3 is 1. The van der Waals surface area contributed by atoms with Gasteiger partial charge in [-0.15, -0.1) is 0 Å². The third-order valence-corrected chi connectivity index (χ3v) is 5.96. The monoisotopic (exact) mass is 420 g/mol. The predicted molar refractivity (Wildman–Crippen MR) is 120 cm³/mol. The highest BCUT2D eigenvalue weighted by Gasteiger charge is 2.26. The molecule has 160 valence electrons. The Morgan fingerprint density at radius 3 is 2.52 bits per heavy atom. The second-order valence-corrected chi connectivity index (χ2v) is 8.09. The summed E-state index contributed by atoms with van der Waals surface area (Å²) in [7, 11) is 1.46. The largest absolute Gasteiger partial charge is 0.494 e. The summed E-state index contributed by atoms with van der Waals surface area (Å²) in [6.07, 6.45) is 2.10. The molecular formula is C24H25FN4O2. The summed E-state index contributed by atoms with van der Waals surface area (Å²) in [5.41, 5.74) is 2.33. The lowest BCUT2D eigenvalue weighted by Crippen LogP contribution is -2.47. The van der Waals surface area contributed by atoms with Crippen molar-refractivity contribution in [3.63, 3.8) is 0 Å². The molecule has 2 aromatic carbocycles. The molecular weight excluding hydrogens is 395 g/mol. The molecule has 7 heteroatoms. The zero-order valence-electron chi connectivity index (χ0n) is 17.5. The Kier molecular flexibility index (Phi) is 5.10. The van der Waals surface area contributed by atoms with Crippen molar-refractivity contribution in [2.24, 2.45) is 0 Å². The maximum Gasteiger partial charge on any atom is 0.252 e. The first-order valence-electron chi connectivity index (χ1n) is 10.7. The van der Waals surface area contributed by atoms with E-state index in [-0.39, 0.29) is 17.5 Å². The van der Waals surface area contributed by atoms with E-state index in [4.69, 9.17) is 9.72 Å². The molecule has 1 amide bonds. The minimum absolute atomic E-state index is 0.0327. The summed E-state index contributed by atoms with van der Waals surface area (Å²) in [5.74, 6) is 0.666. The van der Waals surface area contributed by atoms with Crippen LogP contribution in [0.1, 0.15) is 23.2 Å². The van der Waals surface area contributed by atoms with Crippen LogP contribution >= 0.6 is 0 Å². The zero-order valence-corrected chi connectivity index (χ0v) is 17.5. The summed E-state index contributed by atoms with van der Waals surface area (Å²) in [4.78, 5) is 22.0. The Morgan fingerprint density at radius 2 is 1.81 bits per heavy atom. The number of amides is 1. The number of aromatic nitrogens is 1. The van der Waals surface area contributed by atoms with Crippen LogP contribution < -0.4 is 19.9 Å². The molecule has 5 rings (SSSR count). The van der Waals surface area contributed by atoms with Crippen LogP contribution in [0.2, 0.25) is 0 Å². The third kappa shape index (κ3) is 4.00. The van der Waals surface area contributed by atoms with Gasteiger partial charge < -0.3 is 19.9 Å². The number of ether oxygens (including phenoxy) is 1. The van der Waals surface area contributed by atoms with Crippen molar-refractivity contribution in [1.82, 2.24) is 10.3 Å². The molecule has 0 unspecified atom stereocenters. The van der Waals surface area contributed by atoms with Crippen LogP contribution in [0.3, 0.4) is 0 Å². The molecule has 0 radical (unpaired) electrons. The summed E-state index contributed by atoms with van der Waals surface area (Å²) < 4.78 is 19.1. The van der Waals surface area contributed by atoms with Crippen molar-refractivity contribution < 1.29 is 13.9 Å². The van der Waals surface area contributed by atoms with Crippen molar-refractivity contribution in [1.29, 1.82) is 0 Å². The Balaban J connectivity index is 1.36. The van der Waals surface area contributed by atoms with Gasteiger partial charge in [-0.2, -0.15) is 0 Å². The molecule has 1 saturated heterocycles. The molecule has 2 fully saturated rings. The smallest absolute Gasteiger partial charge is 0.252 e. The van der Waals surface area contributed by atoms with Gasteiger partial charge in [-0.25, -0.2) is 9.37 Å². The molecule has 1 saturated carbocycles. The summed E-state index contributed by atoms with van der Waals surface area (Å²) in [6.45, 7) is 2.96. The number of halogens is 1. The lowest BCUT2D eigenvalue weighted by atomic mass is 10.1. The fourth-order valence-electron chi connectivity index (χ4n) is 4.05. The lowest BCUT2D eigenvalue weighted by Gasteiger charge is -2.37. The van der Waals surface area contributed by atoms with E-state index in [1.54, 1.807) is 6.07 Å². The first kappa shape index (κ1) is 19.6. The number of hydrogen-bond donors (Lipinski definition) is 1. The van der Waals surface area contributed by atoms with Gasteiger partial charge in [0, 0.05) is 49.4 Å². The van der Waals surface area contributed by atoms with Crippen LogP contribution in [0.25, 0.3) is 10.9 Å². The van der Waals surface area contributed by atoms with Crippen molar-refractivity contribution in [3.05, 3.63) is 59.9 Å². The number of nitrogens with one attached hydrogen (secondary N) is 1. The molecule has 0 bridgehead atoms. The maximum atomic E-state index is 14.1. The highest BCUT2D eigenvalue weighted by Crippen LogP contribution is 2.28. The van der Waals surface area contributed by atoms with E-state index in [0.29, 0.717) is 11.6 Å². The van der Waals surface area contributed by atoms with Gasteiger partial charge in [0.15, 0.2) is 11.6 Å². The molecule has 31 heavy (non-hydrogen) atoms. The van der Waals surface area contributed by atoms with Gasteiger partial charge in [-0.1, -0.05) is 18.2 Å². The summed E-state index contributed by atoms with van der Waals surface area (Å²) in [6, 6.07) is 15.0. The van der Waals surface area contributed by atoms with E-state index in [1.807, 2.05) is 36.4 Å². The molecule has 1 N–H and O–H groups in total. The van der Waals surface area contributed by atoms with Crippen LogP contribution in [0, 0.1) is 5.82 Å². The highest BCUT2D eigenvalue weighted by molar-refractivity contribution is 6.07. The molecule has 1 aliphatic carbocycles. The molecule has 0 atom stereocenters. The molecule has 2 heterocycles. The minimum Gasteiger partial charge on any atom is -0.494 e. The van der Waals surface area contributed by atoms with Crippen molar-refractivity contribution in [2.75, 3.05) is 43.1 Å². The first-order valence-corrected chi connectivity index (χ1v) is 10.7. The number of nitrogens with zero attached hydrogens (tertiary/aromatic N) is 3. The van der Waals surface area contributed by atoms with Crippen LogP contribution in [0.4, 0.5) is 15.9 Å². The number of anilines is 2. The van der Waals surface area contributed by atoms with Gasteiger partial charge in [-0.3, -0.25) is 4.79 Å². The number of fused-ring (bicyclic) bond motifs is 1. The van der Waals surface area contributed by atoms with Crippen LogP contribution in [-0.4, -0.2) is 50.2 Å². The number of piperazine rings is 1. The van der Waals surface area contributed by atoms with Gasteiger partial charge in [0.2, 0.25) is 0 Å². The number of carbonyl (C=O) groups excluding carboxylic acids is 1. The van der Waals surface area contributed by atoms with Gasteiger partial charge >= 0.3 is 0 Å². The van der Waals surface area contributed by atoms with Crippen molar-refractivity contribution in [2.45, 2.75) is 18.9 Å². The van der Waals surface area contributed by atoms with E-state index in [1.165, 1.54) is 13.2 Å². The van der Waals surface area contributed by atoms with E-state index >= 15 is 0 Å². The number of hydrogen-bond acceptors (Lipinski definition) is 5. The Bertz CT molecular complexity index is 1120. The number of benzene rings is 2. The number of para-hydroxylation sites is 1. The topological polar surface area (TPSA) is 57.7 Å². The van der Waals surface area contributed by atoms with Gasteiger partial charge in [0.05, 0.1) is 18.2 Å². The molecule has 1 aromatic heterocycles. The molecule has 3 aromatic rings. The second-order valence-electron chi connectivity index (χ2n) is 8.09. The fourth-order valence-corrected chi connectivity index (χ4v) is 4.05. The standard InChI is InChI=1S/C24H25FN4O2/c1-31-22-9-8-17(14-20(22)25)28-10-12-29(13-11-28)23-15-19(24(30)26-16-6-7-16)18-4-2-3-5-21(18)27-23/h2-5,8-9,14-16H,6-7,10-13H2,1H3,(H,26,30). The highest BCUT2D eigenvalue weighted by atomic mass is 19.1. The van der Waals surface area contributed by atoms with Crippen molar-refractivity contribution in [3.8, 4) is 5.75 Å². The summed E-state index contributed by atoms with van der Waals surface area (Å²) in [5, 5.41) is 3.97. The second kappa shape index (κ2) is 8.06. The van der Waals surface area contributed by atoms with Gasteiger partial charge in [0.25, 0.3) is 5.91 Å². The first-order chi connectivity index (χ1) is 15.1. The molecule has 0 spiro atoms. The van der Waals surface area contributed by atoms with E-state index in [9.17, 15) is 9.18 Å². The average molecular weight is 420 g/mol. The summed E-state index contributed by atoms with van der Waals surface area (Å²) >= 11 is 0. The number of rotatable bonds is 5. The van der Waals surface area contributed by atoms with E-state index in [2.05, 4.69) is 15.1 Å². The quantitative estimate of drug-likeness (QED) is 0.684. The number of carbonyl (C=O) groups is 1. The SMILES string of the molecule is COc1ccc(N2CCN(c3cc(C(=O)NC4CC4)c4ccccc4n3)CC2)cc1F. The van der Waals surface area contributed by atoms with E-state index in [0.717, 1.165) is 61.4 Å². The fraction of sp³-hybridized carbons (Fsp3) is 0.333. The van der Waals surface area contributed by atoms with E-state index < -0.39 is 0 Å². The van der Waals surface area contributed by atoms with Crippen LogP contribution in [-0.2, 0) is 0 Å². The Morgan fingerprint density at radius 1 is 1.06 bits per heavy atom. The average Bonchev–Trinajstić information content (AvgIpc) is 3.62. The molecule has 6 nitrogen and oxygen atoms in total. The zero-order chi connectivity index (χ0) is 21.4. The number of pyridine rings is 1. The third-order valence-electron chi connectivity index (χ3n) is 5.96. The predicted octanol–water partition coefficient (Wildman–Crippen LogP) is 3.60. The van der Waals surface area contributed by atoms with Crippen molar-refractivity contribution >= 4 is 28.3 Å². The van der Waals surface area contributed by atoms with Crippen LogP contribution in [0.15, 0.2) is 48.5 Å². The molecule has 2 aliphatic rings. The Hall–Kier alpha value is -3.35. The van der Waals surface area contributed by atoms with Gasteiger partial charge in [-0.05, 0) is 37.1 Å². The maximum absolute atomic E-state index is 14.1. The normalized spacial score (nSPS) is 16.5. The molecule has 1 aliphatic heterocycles. The lowest BCUT2D eigenvalue weighted by molar-refractivity contribution is 0.0952. The minimum atomic E-state index is -0.357. The van der Waals surface area contributed by atoms with Gasteiger partial charge in [0.1, 0.15) is 5.82 Å². The Labute approximate surface area is 180 Å².